The van der Waals surface area contributed by atoms with E-state index in [2.05, 4.69) is 27.1 Å². The van der Waals surface area contributed by atoms with Crippen LogP contribution in [0.5, 0.6) is 0 Å². The molecule has 0 aliphatic heterocycles. The number of hydrogen-bond donors (Lipinski definition) is 1. The molecule has 1 heterocycles. The fourth-order valence-corrected chi connectivity index (χ4v) is 2.02. The molecule has 1 aromatic heterocycles. The molecule has 84 valence electrons. The van der Waals surface area contributed by atoms with Gasteiger partial charge in [-0.1, -0.05) is 17.7 Å². The first-order valence-electron chi connectivity index (χ1n) is 5.05. The van der Waals surface area contributed by atoms with Gasteiger partial charge in [-0.3, -0.25) is 9.89 Å². The van der Waals surface area contributed by atoms with Gasteiger partial charge < -0.3 is 0 Å². The molecule has 0 fully saturated rings. The van der Waals surface area contributed by atoms with Crippen LogP contribution in [0.15, 0.2) is 27.5 Å². The molecule has 0 amide bonds. The standard InChI is InChI=1S/C12H13BrN2O/c1-7-4-5-10(8(2)6-7)15-12(16)11(13)9(3)14-15/h4-6,14H,1-3H3. The van der Waals surface area contributed by atoms with Crippen LogP contribution in [0.3, 0.4) is 0 Å². The maximum absolute atomic E-state index is 11.9. The monoisotopic (exact) mass is 280 g/mol. The number of H-pyrrole nitrogens is 1. The van der Waals surface area contributed by atoms with Gasteiger partial charge >= 0.3 is 0 Å². The third-order valence-corrected chi connectivity index (χ3v) is 3.53. The number of nitrogens with zero attached hydrogens (tertiary/aromatic N) is 1. The summed E-state index contributed by atoms with van der Waals surface area (Å²) in [5.41, 5.74) is 3.95. The molecule has 0 atom stereocenters. The van der Waals surface area contributed by atoms with Gasteiger partial charge in [0, 0.05) is 5.69 Å². The van der Waals surface area contributed by atoms with Crippen LogP contribution in [0.4, 0.5) is 0 Å². The molecular weight excluding hydrogens is 268 g/mol. The lowest BCUT2D eigenvalue weighted by atomic mass is 10.1. The molecule has 0 radical (unpaired) electrons. The highest BCUT2D eigenvalue weighted by molar-refractivity contribution is 9.10. The Bertz CT molecular complexity index is 596. The second-order valence-electron chi connectivity index (χ2n) is 3.98. The lowest BCUT2D eigenvalue weighted by Gasteiger charge is -2.06. The molecule has 1 aromatic carbocycles. The fourth-order valence-electron chi connectivity index (χ4n) is 1.75. The van der Waals surface area contributed by atoms with Gasteiger partial charge in [0.1, 0.15) is 4.47 Å². The topological polar surface area (TPSA) is 37.8 Å². The lowest BCUT2D eigenvalue weighted by Crippen LogP contribution is -2.15. The Morgan fingerprint density at radius 3 is 2.44 bits per heavy atom. The van der Waals surface area contributed by atoms with Gasteiger partial charge in [-0.25, -0.2) is 4.68 Å². The SMILES string of the molecule is Cc1ccc(-n2[nH]c(C)c(Br)c2=O)c(C)c1. The molecule has 1 N–H and O–H groups in total. The zero-order valence-electron chi connectivity index (χ0n) is 9.47. The highest BCUT2D eigenvalue weighted by atomic mass is 79.9. The molecule has 2 rings (SSSR count). The second-order valence-corrected chi connectivity index (χ2v) is 4.77. The van der Waals surface area contributed by atoms with Crippen molar-refractivity contribution in [2.75, 3.05) is 0 Å². The highest BCUT2D eigenvalue weighted by Crippen LogP contribution is 2.16. The Morgan fingerprint density at radius 2 is 1.94 bits per heavy atom. The maximum Gasteiger partial charge on any atom is 0.285 e. The van der Waals surface area contributed by atoms with Gasteiger partial charge in [-0.05, 0) is 48.3 Å². The van der Waals surface area contributed by atoms with E-state index in [1.54, 1.807) is 4.68 Å². The average Bonchev–Trinajstić information content (AvgIpc) is 2.46. The van der Waals surface area contributed by atoms with Gasteiger partial charge in [-0.15, -0.1) is 0 Å². The summed E-state index contributed by atoms with van der Waals surface area (Å²) in [7, 11) is 0. The van der Waals surface area contributed by atoms with Crippen LogP contribution >= 0.6 is 15.9 Å². The van der Waals surface area contributed by atoms with E-state index in [9.17, 15) is 4.79 Å². The van der Waals surface area contributed by atoms with Crippen LogP contribution in [0.2, 0.25) is 0 Å². The number of nitrogens with one attached hydrogen (secondary N) is 1. The summed E-state index contributed by atoms with van der Waals surface area (Å²) < 4.78 is 2.15. The van der Waals surface area contributed by atoms with Gasteiger partial charge in [0.25, 0.3) is 5.56 Å². The molecule has 0 spiro atoms. The normalized spacial score (nSPS) is 10.8. The smallest absolute Gasteiger partial charge is 0.285 e. The van der Waals surface area contributed by atoms with Crippen LogP contribution in [-0.4, -0.2) is 9.78 Å². The van der Waals surface area contributed by atoms with Crippen LogP contribution in [0, 0.1) is 20.8 Å². The van der Waals surface area contributed by atoms with E-state index in [0.717, 1.165) is 16.9 Å². The molecule has 0 aliphatic carbocycles. The van der Waals surface area contributed by atoms with Crippen molar-refractivity contribution in [3.05, 3.63) is 49.8 Å². The third kappa shape index (κ3) is 1.73. The predicted octanol–water partition coefficient (Wildman–Crippen LogP) is 2.85. The first-order chi connectivity index (χ1) is 7.50. The average molecular weight is 281 g/mol. The Balaban J connectivity index is 2.68. The minimum atomic E-state index is -0.0514. The van der Waals surface area contributed by atoms with Gasteiger partial charge in [-0.2, -0.15) is 0 Å². The van der Waals surface area contributed by atoms with E-state index >= 15 is 0 Å². The minimum absolute atomic E-state index is 0.0514. The quantitative estimate of drug-likeness (QED) is 0.857. The molecule has 0 saturated heterocycles. The van der Waals surface area contributed by atoms with Crippen molar-refractivity contribution in [1.82, 2.24) is 9.78 Å². The van der Waals surface area contributed by atoms with Crippen molar-refractivity contribution in [1.29, 1.82) is 0 Å². The van der Waals surface area contributed by atoms with Crippen LogP contribution < -0.4 is 5.56 Å². The number of rotatable bonds is 1. The van der Waals surface area contributed by atoms with Crippen molar-refractivity contribution in [3.8, 4) is 5.69 Å². The third-order valence-electron chi connectivity index (χ3n) is 2.59. The molecule has 0 unspecified atom stereocenters. The molecule has 16 heavy (non-hydrogen) atoms. The maximum atomic E-state index is 11.9. The summed E-state index contributed by atoms with van der Waals surface area (Å²) >= 11 is 3.27. The van der Waals surface area contributed by atoms with Crippen molar-refractivity contribution in [2.24, 2.45) is 0 Å². The molecule has 0 saturated carbocycles. The summed E-state index contributed by atoms with van der Waals surface area (Å²) in [6.07, 6.45) is 0. The van der Waals surface area contributed by atoms with Gasteiger partial charge in [0.05, 0.1) is 5.69 Å². The van der Waals surface area contributed by atoms with Crippen molar-refractivity contribution in [2.45, 2.75) is 20.8 Å². The number of aromatic amines is 1. The fraction of sp³-hybridized carbons (Fsp3) is 0.250. The summed E-state index contributed by atoms with van der Waals surface area (Å²) in [6, 6.07) is 6.01. The summed E-state index contributed by atoms with van der Waals surface area (Å²) in [6.45, 7) is 5.90. The molecule has 2 aromatic rings. The molecule has 0 bridgehead atoms. The molecule has 4 heteroatoms. The number of aromatic nitrogens is 2. The van der Waals surface area contributed by atoms with E-state index in [1.165, 1.54) is 5.56 Å². The minimum Gasteiger partial charge on any atom is -0.294 e. The molecular formula is C12H13BrN2O. The van der Waals surface area contributed by atoms with E-state index in [1.807, 2.05) is 32.9 Å². The van der Waals surface area contributed by atoms with Crippen LogP contribution in [0.1, 0.15) is 16.8 Å². The van der Waals surface area contributed by atoms with Crippen molar-refractivity contribution < 1.29 is 0 Å². The number of halogens is 1. The Kier molecular flexibility index (Phi) is 2.76. The Morgan fingerprint density at radius 1 is 1.25 bits per heavy atom. The predicted molar refractivity (Wildman–Crippen MR) is 68.3 cm³/mol. The van der Waals surface area contributed by atoms with E-state index < -0.39 is 0 Å². The number of benzene rings is 1. The second kappa shape index (κ2) is 3.94. The van der Waals surface area contributed by atoms with Gasteiger partial charge in [0.2, 0.25) is 0 Å². The number of aryl methyl sites for hydroxylation is 3. The van der Waals surface area contributed by atoms with E-state index in [-0.39, 0.29) is 5.56 Å². The Labute approximate surface area is 102 Å². The Hall–Kier alpha value is -1.29. The first-order valence-corrected chi connectivity index (χ1v) is 5.84. The van der Waals surface area contributed by atoms with Crippen LogP contribution in [0.25, 0.3) is 5.69 Å². The summed E-state index contributed by atoms with van der Waals surface area (Å²) in [4.78, 5) is 11.9. The highest BCUT2D eigenvalue weighted by Gasteiger charge is 2.10. The van der Waals surface area contributed by atoms with Crippen molar-refractivity contribution in [3.63, 3.8) is 0 Å². The van der Waals surface area contributed by atoms with Gasteiger partial charge in [0.15, 0.2) is 0 Å². The van der Waals surface area contributed by atoms with Crippen molar-refractivity contribution >= 4 is 15.9 Å². The number of hydrogen-bond acceptors (Lipinski definition) is 1. The van der Waals surface area contributed by atoms with Crippen LogP contribution in [-0.2, 0) is 0 Å². The lowest BCUT2D eigenvalue weighted by molar-refractivity contribution is 0.828. The zero-order valence-corrected chi connectivity index (χ0v) is 11.1. The summed E-state index contributed by atoms with van der Waals surface area (Å²) in [5.74, 6) is 0. The molecule has 0 aliphatic rings. The van der Waals surface area contributed by atoms with E-state index in [0.29, 0.717) is 4.47 Å². The van der Waals surface area contributed by atoms with E-state index in [4.69, 9.17) is 0 Å². The summed E-state index contributed by atoms with van der Waals surface area (Å²) in [5, 5.41) is 3.05. The molecule has 3 nitrogen and oxygen atoms in total. The first kappa shape index (κ1) is 11.2. The largest absolute Gasteiger partial charge is 0.294 e. The zero-order chi connectivity index (χ0) is 11.9.